The molecular formula is C15H15ClN2O2S. The number of ether oxygens (including phenoxy) is 1. The highest BCUT2D eigenvalue weighted by Gasteiger charge is 2.09. The molecule has 0 radical (unpaired) electrons. The molecule has 4 nitrogen and oxygen atoms in total. The first kappa shape index (κ1) is 15.5. The summed E-state index contributed by atoms with van der Waals surface area (Å²) < 4.78 is 5.21. The normalized spacial score (nSPS) is 11.4. The van der Waals surface area contributed by atoms with Gasteiger partial charge in [-0.3, -0.25) is 0 Å². The highest BCUT2D eigenvalue weighted by atomic mass is 35.5. The molecule has 0 fully saturated rings. The Morgan fingerprint density at radius 3 is 2.81 bits per heavy atom. The van der Waals surface area contributed by atoms with Gasteiger partial charge in [-0.1, -0.05) is 28.9 Å². The van der Waals surface area contributed by atoms with E-state index in [0.29, 0.717) is 16.3 Å². The molecule has 0 aliphatic carbocycles. The Bertz CT molecular complexity index is 662. The lowest BCUT2D eigenvalue weighted by atomic mass is 10.1. The molecule has 0 saturated carbocycles. The topological polar surface area (TPSA) is 67.8 Å². The van der Waals surface area contributed by atoms with Gasteiger partial charge in [0.25, 0.3) is 0 Å². The Labute approximate surface area is 132 Å². The summed E-state index contributed by atoms with van der Waals surface area (Å²) in [5, 5.41) is 12.6. The van der Waals surface area contributed by atoms with Crippen LogP contribution in [0.1, 0.15) is 11.1 Å². The molecule has 110 valence electrons. The van der Waals surface area contributed by atoms with Gasteiger partial charge in [0.2, 0.25) is 0 Å². The zero-order chi connectivity index (χ0) is 15.2. The smallest absolute Gasteiger partial charge is 0.173 e. The molecule has 0 aliphatic rings. The second kappa shape index (κ2) is 7.24. The minimum atomic E-state index is 0.0291. The Balaban J connectivity index is 2.17. The lowest BCUT2D eigenvalue weighted by Gasteiger charge is -2.09. The first-order chi connectivity index (χ1) is 10.1. The SMILES string of the molecule is COc1ccc(CSc2cccc(Cl)c2)cc1C(N)=NO. The Morgan fingerprint density at radius 1 is 1.33 bits per heavy atom. The maximum Gasteiger partial charge on any atom is 0.173 e. The second-order valence-electron chi connectivity index (χ2n) is 4.27. The van der Waals surface area contributed by atoms with Crippen LogP contribution < -0.4 is 10.5 Å². The number of rotatable bonds is 5. The van der Waals surface area contributed by atoms with Crippen LogP contribution >= 0.6 is 23.4 Å². The number of methoxy groups -OCH3 is 1. The molecule has 0 saturated heterocycles. The number of hydrogen-bond donors (Lipinski definition) is 2. The minimum Gasteiger partial charge on any atom is -0.496 e. The van der Waals surface area contributed by atoms with Crippen LogP contribution in [0.4, 0.5) is 0 Å². The lowest BCUT2D eigenvalue weighted by molar-refractivity contribution is 0.318. The first-order valence-corrected chi connectivity index (χ1v) is 7.53. The van der Waals surface area contributed by atoms with Gasteiger partial charge < -0.3 is 15.7 Å². The minimum absolute atomic E-state index is 0.0291. The molecule has 0 bridgehead atoms. The fourth-order valence-corrected chi connectivity index (χ4v) is 2.98. The maximum absolute atomic E-state index is 8.83. The standard InChI is InChI=1S/C15H15ClN2O2S/c1-20-14-6-5-10(7-13(14)15(17)18-19)9-21-12-4-2-3-11(16)8-12/h2-8,19H,9H2,1H3,(H2,17,18). The Kier molecular flexibility index (Phi) is 5.36. The van der Waals surface area contributed by atoms with E-state index in [1.807, 2.05) is 36.4 Å². The van der Waals surface area contributed by atoms with Gasteiger partial charge in [-0.25, -0.2) is 0 Å². The number of nitrogens with two attached hydrogens (primary N) is 1. The quantitative estimate of drug-likeness (QED) is 0.289. The van der Waals surface area contributed by atoms with E-state index >= 15 is 0 Å². The first-order valence-electron chi connectivity index (χ1n) is 6.17. The Hall–Kier alpha value is -1.85. The van der Waals surface area contributed by atoms with Gasteiger partial charge in [0, 0.05) is 15.7 Å². The summed E-state index contributed by atoms with van der Waals surface area (Å²) >= 11 is 7.62. The van der Waals surface area contributed by atoms with E-state index in [1.54, 1.807) is 24.9 Å². The van der Waals surface area contributed by atoms with E-state index in [9.17, 15) is 0 Å². The number of thioether (sulfide) groups is 1. The molecule has 0 atom stereocenters. The van der Waals surface area contributed by atoms with Gasteiger partial charge in [0.1, 0.15) is 5.75 Å². The lowest BCUT2D eigenvalue weighted by Crippen LogP contribution is -2.14. The number of hydrogen-bond acceptors (Lipinski definition) is 4. The molecule has 0 aliphatic heterocycles. The number of nitrogens with zero attached hydrogens (tertiary/aromatic N) is 1. The number of oxime groups is 1. The van der Waals surface area contributed by atoms with Crippen molar-refractivity contribution < 1.29 is 9.94 Å². The van der Waals surface area contributed by atoms with Crippen molar-refractivity contribution in [1.29, 1.82) is 0 Å². The highest BCUT2D eigenvalue weighted by Crippen LogP contribution is 2.27. The third-order valence-corrected chi connectivity index (χ3v) is 4.15. The van der Waals surface area contributed by atoms with E-state index < -0.39 is 0 Å². The average Bonchev–Trinajstić information content (AvgIpc) is 2.52. The molecule has 0 heterocycles. The van der Waals surface area contributed by atoms with Crippen LogP contribution in [0.2, 0.25) is 5.02 Å². The summed E-state index contributed by atoms with van der Waals surface area (Å²) in [4.78, 5) is 1.09. The maximum atomic E-state index is 8.83. The van der Waals surface area contributed by atoms with Gasteiger partial charge in [-0.15, -0.1) is 11.8 Å². The van der Waals surface area contributed by atoms with Crippen LogP contribution in [0, 0.1) is 0 Å². The van der Waals surface area contributed by atoms with Crippen molar-refractivity contribution in [2.45, 2.75) is 10.6 Å². The van der Waals surface area contributed by atoms with Gasteiger partial charge >= 0.3 is 0 Å². The third-order valence-electron chi connectivity index (χ3n) is 2.85. The molecule has 2 rings (SSSR count). The van der Waals surface area contributed by atoms with Crippen LogP contribution in [0.25, 0.3) is 0 Å². The van der Waals surface area contributed by atoms with E-state index in [0.717, 1.165) is 16.2 Å². The van der Waals surface area contributed by atoms with E-state index in [4.69, 9.17) is 27.3 Å². The summed E-state index contributed by atoms with van der Waals surface area (Å²) in [7, 11) is 1.55. The Morgan fingerprint density at radius 2 is 2.14 bits per heavy atom. The molecule has 6 heteroatoms. The van der Waals surface area contributed by atoms with Crippen molar-refractivity contribution in [1.82, 2.24) is 0 Å². The molecule has 21 heavy (non-hydrogen) atoms. The third kappa shape index (κ3) is 4.06. The van der Waals surface area contributed by atoms with E-state index in [1.165, 1.54) is 0 Å². The van der Waals surface area contributed by atoms with Crippen molar-refractivity contribution >= 4 is 29.2 Å². The molecule has 2 aromatic rings. The molecule has 2 aromatic carbocycles. The van der Waals surface area contributed by atoms with Crippen LogP contribution in [0.3, 0.4) is 0 Å². The van der Waals surface area contributed by atoms with Crippen molar-refractivity contribution in [3.63, 3.8) is 0 Å². The van der Waals surface area contributed by atoms with Crippen molar-refractivity contribution in [2.24, 2.45) is 10.9 Å². The fraction of sp³-hybridized carbons (Fsp3) is 0.133. The summed E-state index contributed by atoms with van der Waals surface area (Å²) in [5.41, 5.74) is 7.28. The predicted molar refractivity (Wildman–Crippen MR) is 86.5 cm³/mol. The van der Waals surface area contributed by atoms with Gasteiger partial charge in [-0.05, 0) is 35.9 Å². The van der Waals surface area contributed by atoms with Crippen molar-refractivity contribution in [3.8, 4) is 5.75 Å². The van der Waals surface area contributed by atoms with E-state index in [2.05, 4.69) is 5.16 Å². The molecule has 0 spiro atoms. The largest absolute Gasteiger partial charge is 0.496 e. The summed E-state index contributed by atoms with van der Waals surface area (Å²) in [6, 6.07) is 13.3. The van der Waals surface area contributed by atoms with Gasteiger partial charge in [-0.2, -0.15) is 0 Å². The van der Waals surface area contributed by atoms with Gasteiger partial charge in [0.05, 0.1) is 12.7 Å². The van der Waals surface area contributed by atoms with Crippen LogP contribution in [0.15, 0.2) is 52.5 Å². The van der Waals surface area contributed by atoms with Crippen molar-refractivity contribution in [3.05, 3.63) is 58.6 Å². The highest BCUT2D eigenvalue weighted by molar-refractivity contribution is 7.98. The monoisotopic (exact) mass is 322 g/mol. The van der Waals surface area contributed by atoms with Crippen LogP contribution in [0.5, 0.6) is 5.75 Å². The average molecular weight is 323 g/mol. The van der Waals surface area contributed by atoms with E-state index in [-0.39, 0.29) is 5.84 Å². The van der Waals surface area contributed by atoms with Crippen LogP contribution in [-0.2, 0) is 5.75 Å². The number of benzene rings is 2. The molecule has 3 N–H and O–H groups in total. The van der Waals surface area contributed by atoms with Crippen LogP contribution in [-0.4, -0.2) is 18.2 Å². The number of halogens is 1. The fourth-order valence-electron chi connectivity index (χ4n) is 1.82. The summed E-state index contributed by atoms with van der Waals surface area (Å²) in [6.45, 7) is 0. The molecular weight excluding hydrogens is 308 g/mol. The summed E-state index contributed by atoms with van der Waals surface area (Å²) in [6.07, 6.45) is 0. The zero-order valence-corrected chi connectivity index (χ0v) is 13.0. The second-order valence-corrected chi connectivity index (χ2v) is 5.75. The number of amidine groups is 1. The summed E-state index contributed by atoms with van der Waals surface area (Å²) in [5.74, 6) is 1.35. The van der Waals surface area contributed by atoms with Crippen molar-refractivity contribution in [2.75, 3.05) is 7.11 Å². The molecule has 0 aromatic heterocycles. The molecule has 0 amide bonds. The predicted octanol–water partition coefficient (Wildman–Crippen LogP) is 3.74. The zero-order valence-electron chi connectivity index (χ0n) is 11.4. The molecule has 0 unspecified atom stereocenters. The van der Waals surface area contributed by atoms with Gasteiger partial charge in [0.15, 0.2) is 5.84 Å².